The summed E-state index contributed by atoms with van der Waals surface area (Å²) in [7, 11) is 0. The fourth-order valence-electron chi connectivity index (χ4n) is 3.95. The van der Waals surface area contributed by atoms with E-state index >= 15 is 0 Å². The lowest BCUT2D eigenvalue weighted by Crippen LogP contribution is -2.44. The predicted molar refractivity (Wildman–Crippen MR) is 115 cm³/mol. The normalized spacial score (nSPS) is 17.3. The van der Waals surface area contributed by atoms with Gasteiger partial charge in [0.25, 0.3) is 11.8 Å². The minimum Gasteiger partial charge on any atom is -0.324 e. The topological polar surface area (TPSA) is 130 Å². The molecule has 164 valence electrons. The number of imide groups is 2. The molecule has 0 radical (unpaired) electrons. The first-order valence-corrected chi connectivity index (χ1v) is 10.1. The van der Waals surface area contributed by atoms with E-state index in [1.165, 1.54) is 22.9 Å². The molecular weight excluding hydrogens is 426 g/mol. The van der Waals surface area contributed by atoms with Crippen LogP contribution < -0.4 is 10.6 Å². The summed E-state index contributed by atoms with van der Waals surface area (Å²) in [6.45, 7) is -0.0483. The van der Waals surface area contributed by atoms with Crippen molar-refractivity contribution in [3.8, 4) is 11.1 Å². The number of nitrogens with one attached hydrogen (secondary N) is 2. The van der Waals surface area contributed by atoms with Crippen molar-refractivity contribution in [3.63, 3.8) is 0 Å². The number of hydrogen-bond donors (Lipinski definition) is 2. The number of anilines is 1. The van der Waals surface area contributed by atoms with Crippen LogP contribution >= 0.6 is 0 Å². The van der Waals surface area contributed by atoms with Gasteiger partial charge in [0.15, 0.2) is 0 Å². The number of rotatable bonds is 5. The van der Waals surface area contributed by atoms with Gasteiger partial charge in [0.2, 0.25) is 17.7 Å². The molecule has 3 heterocycles. The Bertz CT molecular complexity index is 1330. The lowest BCUT2D eigenvalue weighted by molar-refractivity contribution is -0.126. The van der Waals surface area contributed by atoms with Gasteiger partial charge in [-0.1, -0.05) is 30.3 Å². The molecule has 1 fully saturated rings. The molecule has 0 saturated carbocycles. The summed E-state index contributed by atoms with van der Waals surface area (Å²) in [5.41, 5.74) is 2.36. The maximum Gasteiger partial charge on any atom is 0.262 e. The second-order valence-electron chi connectivity index (χ2n) is 7.71. The average Bonchev–Trinajstić information content (AvgIpc) is 3.45. The maximum atomic E-state index is 12.8. The van der Waals surface area contributed by atoms with Gasteiger partial charge in [0.05, 0.1) is 23.7 Å². The number of fused-ring (bicyclic) bond motifs is 1. The van der Waals surface area contributed by atoms with E-state index in [9.17, 15) is 24.0 Å². The second-order valence-corrected chi connectivity index (χ2v) is 7.71. The van der Waals surface area contributed by atoms with Crippen LogP contribution in [0.15, 0.2) is 60.9 Å². The Labute approximate surface area is 187 Å². The first-order valence-electron chi connectivity index (χ1n) is 10.1. The van der Waals surface area contributed by atoms with Crippen molar-refractivity contribution in [2.75, 3.05) is 5.32 Å². The summed E-state index contributed by atoms with van der Waals surface area (Å²) in [6, 6.07) is 12.8. The predicted octanol–water partition coefficient (Wildman–Crippen LogP) is 1.20. The van der Waals surface area contributed by atoms with Gasteiger partial charge < -0.3 is 5.32 Å². The highest BCUT2D eigenvalue weighted by Crippen LogP contribution is 2.29. The van der Waals surface area contributed by atoms with Crippen molar-refractivity contribution in [2.45, 2.75) is 19.0 Å². The lowest BCUT2D eigenvalue weighted by Gasteiger charge is -2.18. The van der Waals surface area contributed by atoms with Crippen LogP contribution in [0.1, 0.15) is 27.1 Å². The smallest absolute Gasteiger partial charge is 0.262 e. The molecule has 3 aromatic rings. The first-order chi connectivity index (χ1) is 15.9. The molecule has 2 aliphatic heterocycles. The Morgan fingerprint density at radius 3 is 2.48 bits per heavy atom. The van der Waals surface area contributed by atoms with Gasteiger partial charge >= 0.3 is 0 Å². The highest BCUT2D eigenvalue weighted by atomic mass is 16.2. The largest absolute Gasteiger partial charge is 0.324 e. The zero-order valence-corrected chi connectivity index (χ0v) is 17.1. The highest BCUT2D eigenvalue weighted by molar-refractivity contribution is 6.24. The van der Waals surface area contributed by atoms with E-state index in [2.05, 4.69) is 15.7 Å². The minimum absolute atomic E-state index is 0.0483. The molecule has 33 heavy (non-hydrogen) atoms. The van der Waals surface area contributed by atoms with Gasteiger partial charge in [-0.3, -0.25) is 38.9 Å². The van der Waals surface area contributed by atoms with Crippen LogP contribution in [-0.2, 0) is 20.9 Å². The van der Waals surface area contributed by atoms with Crippen molar-refractivity contribution in [3.05, 3.63) is 72.1 Å². The summed E-state index contributed by atoms with van der Waals surface area (Å²) >= 11 is 0. The molecule has 5 amide bonds. The molecule has 0 bridgehead atoms. The zero-order chi connectivity index (χ0) is 23.1. The number of hydrogen-bond acceptors (Lipinski definition) is 6. The molecule has 1 saturated heterocycles. The highest BCUT2D eigenvalue weighted by Gasteiger charge is 2.46. The van der Waals surface area contributed by atoms with E-state index in [0.717, 1.165) is 16.0 Å². The molecule has 5 rings (SSSR count). The summed E-state index contributed by atoms with van der Waals surface area (Å²) in [5, 5.41) is 8.99. The number of carbonyl (C=O) groups is 5. The maximum absolute atomic E-state index is 12.8. The van der Waals surface area contributed by atoms with E-state index in [1.54, 1.807) is 12.4 Å². The third-order valence-corrected chi connectivity index (χ3v) is 5.50. The van der Waals surface area contributed by atoms with Crippen molar-refractivity contribution < 1.29 is 24.0 Å². The Morgan fingerprint density at radius 1 is 1.00 bits per heavy atom. The molecule has 2 N–H and O–H groups in total. The lowest BCUT2D eigenvalue weighted by atomic mass is 10.1. The van der Waals surface area contributed by atoms with E-state index in [0.29, 0.717) is 5.69 Å². The quantitative estimate of drug-likeness (QED) is 0.570. The Hall–Kier alpha value is -4.60. The number of carbonyl (C=O) groups excluding carboxylic acids is 5. The van der Waals surface area contributed by atoms with Crippen molar-refractivity contribution in [1.82, 2.24) is 20.0 Å². The molecule has 10 nitrogen and oxygen atoms in total. The standard InChI is InChI=1S/C23H17N5O5/c29-19-9-18(21(31)26-19)28-22(32)16-7-6-15(8-17(16)23(28)33)25-20(30)12-27-11-14(10-24-27)13-4-2-1-3-5-13/h1-8,10-11,18H,9,12H2,(H,25,30)(H,26,29,31). The average molecular weight is 443 g/mol. The van der Waals surface area contributed by atoms with Gasteiger partial charge in [-0.2, -0.15) is 5.10 Å². The third kappa shape index (κ3) is 3.67. The van der Waals surface area contributed by atoms with Crippen molar-refractivity contribution >= 4 is 35.2 Å². The number of nitrogens with zero attached hydrogens (tertiary/aromatic N) is 3. The molecule has 1 unspecified atom stereocenters. The van der Waals surface area contributed by atoms with E-state index in [-0.39, 0.29) is 30.0 Å². The molecule has 10 heteroatoms. The SMILES string of the molecule is O=C1CC(N2C(=O)c3ccc(NC(=O)Cn4cc(-c5ccccc5)cn4)cc3C2=O)C(=O)N1. The number of amides is 5. The van der Waals surface area contributed by atoms with Crippen molar-refractivity contribution in [1.29, 1.82) is 0 Å². The van der Waals surface area contributed by atoms with Gasteiger partial charge in [0, 0.05) is 17.4 Å². The molecule has 1 atom stereocenters. The summed E-state index contributed by atoms with van der Waals surface area (Å²) < 4.78 is 1.50. The summed E-state index contributed by atoms with van der Waals surface area (Å²) in [4.78, 5) is 62.2. The van der Waals surface area contributed by atoms with Gasteiger partial charge in [0.1, 0.15) is 12.6 Å². The number of aromatic nitrogens is 2. The molecule has 1 aromatic heterocycles. The summed E-state index contributed by atoms with van der Waals surface area (Å²) in [5.74, 6) is -2.92. The molecular formula is C23H17N5O5. The Morgan fingerprint density at radius 2 is 1.76 bits per heavy atom. The monoisotopic (exact) mass is 443 g/mol. The Balaban J connectivity index is 1.29. The van der Waals surface area contributed by atoms with Gasteiger partial charge in [-0.25, -0.2) is 0 Å². The van der Waals surface area contributed by atoms with E-state index < -0.39 is 29.7 Å². The molecule has 2 aromatic carbocycles. The Kier molecular flexibility index (Phi) is 4.82. The fourth-order valence-corrected chi connectivity index (χ4v) is 3.95. The minimum atomic E-state index is -1.17. The fraction of sp³-hybridized carbons (Fsp3) is 0.130. The number of benzene rings is 2. The first kappa shape index (κ1) is 20.3. The van der Waals surface area contributed by atoms with Gasteiger partial charge in [-0.15, -0.1) is 0 Å². The molecule has 0 spiro atoms. The van der Waals surface area contributed by atoms with E-state index in [4.69, 9.17) is 0 Å². The molecule has 2 aliphatic rings. The van der Waals surface area contributed by atoms with Crippen LogP contribution in [0.5, 0.6) is 0 Å². The van der Waals surface area contributed by atoms with E-state index in [1.807, 2.05) is 30.3 Å². The van der Waals surface area contributed by atoms with Crippen LogP contribution in [-0.4, -0.2) is 50.3 Å². The van der Waals surface area contributed by atoms with Crippen LogP contribution in [0.3, 0.4) is 0 Å². The zero-order valence-electron chi connectivity index (χ0n) is 17.1. The van der Waals surface area contributed by atoms with Crippen LogP contribution in [0.4, 0.5) is 5.69 Å². The van der Waals surface area contributed by atoms with Crippen LogP contribution in [0.2, 0.25) is 0 Å². The third-order valence-electron chi connectivity index (χ3n) is 5.50. The molecule has 0 aliphatic carbocycles. The van der Waals surface area contributed by atoms with Crippen molar-refractivity contribution in [2.24, 2.45) is 0 Å². The van der Waals surface area contributed by atoms with Crippen LogP contribution in [0, 0.1) is 0 Å². The summed E-state index contributed by atoms with van der Waals surface area (Å²) in [6.07, 6.45) is 3.16. The van der Waals surface area contributed by atoms with Gasteiger partial charge in [-0.05, 0) is 23.8 Å². The van der Waals surface area contributed by atoms with Crippen LogP contribution in [0.25, 0.3) is 11.1 Å². The second kappa shape index (κ2) is 7.83.